The van der Waals surface area contributed by atoms with Crippen LogP contribution in [-0.2, 0) is 19.6 Å². The van der Waals surface area contributed by atoms with Gasteiger partial charge in [-0.1, -0.05) is 29.8 Å². The molecule has 0 aliphatic heterocycles. The van der Waals surface area contributed by atoms with Crippen molar-refractivity contribution >= 4 is 17.5 Å². The van der Waals surface area contributed by atoms with Crippen LogP contribution < -0.4 is 10.9 Å². The Kier molecular flexibility index (Phi) is 6.51. The van der Waals surface area contributed by atoms with Crippen LogP contribution in [0, 0.1) is 13.8 Å². The van der Waals surface area contributed by atoms with Crippen molar-refractivity contribution in [1.82, 2.24) is 25.4 Å². The van der Waals surface area contributed by atoms with Crippen LogP contribution in [0.3, 0.4) is 0 Å². The molecule has 0 saturated carbocycles. The number of rotatable bonds is 7. The second-order valence-corrected chi connectivity index (χ2v) is 7.49. The summed E-state index contributed by atoms with van der Waals surface area (Å²) in [6.07, 6.45) is 0. The molecule has 2 heterocycles. The standard InChI is InChI=1S/C21H24ClN5O2/c1-13-18(14(2)26-25-13)12-27(3)11-16-8-9-17(21(29)24-16)20(28)23-10-15-6-4-5-7-19(15)22/h4-9H,10-12H2,1-3H3,(H,23,28)(H,24,29)(H,25,26). The van der Waals surface area contributed by atoms with Crippen molar-refractivity contribution in [3.8, 4) is 0 Å². The van der Waals surface area contributed by atoms with E-state index >= 15 is 0 Å². The van der Waals surface area contributed by atoms with Crippen LogP contribution in [0.2, 0.25) is 5.02 Å². The number of pyridine rings is 1. The molecule has 0 saturated heterocycles. The van der Waals surface area contributed by atoms with Gasteiger partial charge in [-0.15, -0.1) is 0 Å². The smallest absolute Gasteiger partial charge is 0.261 e. The molecule has 0 atom stereocenters. The first kappa shape index (κ1) is 20.8. The minimum absolute atomic E-state index is 0.0741. The number of nitrogens with one attached hydrogen (secondary N) is 3. The molecule has 29 heavy (non-hydrogen) atoms. The van der Waals surface area contributed by atoms with Crippen LogP contribution in [0.4, 0.5) is 0 Å². The summed E-state index contributed by atoms with van der Waals surface area (Å²) in [4.78, 5) is 29.6. The Morgan fingerprint density at radius 1 is 1.17 bits per heavy atom. The minimum Gasteiger partial charge on any atom is -0.348 e. The fourth-order valence-corrected chi connectivity index (χ4v) is 3.32. The number of aromatic nitrogens is 3. The largest absolute Gasteiger partial charge is 0.348 e. The summed E-state index contributed by atoms with van der Waals surface area (Å²) >= 11 is 6.09. The molecule has 0 unspecified atom stereocenters. The van der Waals surface area contributed by atoms with E-state index in [1.807, 2.05) is 39.1 Å². The highest BCUT2D eigenvalue weighted by atomic mass is 35.5. The van der Waals surface area contributed by atoms with E-state index in [4.69, 9.17) is 11.6 Å². The Morgan fingerprint density at radius 2 is 1.93 bits per heavy atom. The quantitative estimate of drug-likeness (QED) is 0.555. The number of carbonyl (C=O) groups excluding carboxylic acids is 1. The monoisotopic (exact) mass is 413 g/mol. The molecule has 0 bridgehead atoms. The van der Waals surface area contributed by atoms with E-state index < -0.39 is 11.5 Å². The molecule has 1 amide bonds. The number of halogens is 1. The average Bonchev–Trinajstić information content (AvgIpc) is 2.99. The Bertz CT molecular complexity index is 1050. The van der Waals surface area contributed by atoms with Gasteiger partial charge in [0.25, 0.3) is 11.5 Å². The zero-order valence-corrected chi connectivity index (χ0v) is 17.4. The molecule has 0 radical (unpaired) electrons. The van der Waals surface area contributed by atoms with Crippen LogP contribution in [0.25, 0.3) is 0 Å². The van der Waals surface area contributed by atoms with Gasteiger partial charge in [0, 0.05) is 41.6 Å². The number of hydrogen-bond acceptors (Lipinski definition) is 4. The van der Waals surface area contributed by atoms with E-state index in [9.17, 15) is 9.59 Å². The molecule has 0 aliphatic carbocycles. The Morgan fingerprint density at radius 3 is 2.59 bits per heavy atom. The van der Waals surface area contributed by atoms with E-state index in [0.717, 1.165) is 28.2 Å². The number of carbonyl (C=O) groups is 1. The molecule has 8 heteroatoms. The van der Waals surface area contributed by atoms with Gasteiger partial charge in [0.05, 0.1) is 5.69 Å². The zero-order valence-electron chi connectivity index (χ0n) is 16.7. The third-order valence-corrected chi connectivity index (χ3v) is 5.13. The van der Waals surface area contributed by atoms with Crippen molar-refractivity contribution < 1.29 is 4.79 Å². The number of nitrogens with zero attached hydrogens (tertiary/aromatic N) is 2. The van der Waals surface area contributed by atoms with Gasteiger partial charge in [0.15, 0.2) is 0 Å². The van der Waals surface area contributed by atoms with Gasteiger partial charge in [-0.3, -0.25) is 19.6 Å². The Balaban J connectivity index is 1.63. The Hall–Kier alpha value is -2.90. The number of benzene rings is 1. The van der Waals surface area contributed by atoms with Crippen molar-refractivity contribution in [2.75, 3.05) is 7.05 Å². The van der Waals surface area contributed by atoms with Crippen molar-refractivity contribution in [2.24, 2.45) is 0 Å². The minimum atomic E-state index is -0.435. The fraction of sp³-hybridized carbons (Fsp3) is 0.286. The molecular formula is C21H24ClN5O2. The lowest BCUT2D eigenvalue weighted by atomic mass is 10.2. The summed E-state index contributed by atoms with van der Waals surface area (Å²) in [6.45, 7) is 5.45. The van der Waals surface area contributed by atoms with Crippen LogP contribution in [0.5, 0.6) is 0 Å². The van der Waals surface area contributed by atoms with Gasteiger partial charge < -0.3 is 10.3 Å². The number of hydrogen-bond donors (Lipinski definition) is 3. The molecule has 0 aliphatic rings. The molecule has 3 rings (SSSR count). The second-order valence-electron chi connectivity index (χ2n) is 7.09. The van der Waals surface area contributed by atoms with Crippen molar-refractivity contribution in [2.45, 2.75) is 33.5 Å². The van der Waals surface area contributed by atoms with Gasteiger partial charge in [-0.25, -0.2) is 0 Å². The van der Waals surface area contributed by atoms with E-state index in [-0.39, 0.29) is 12.1 Å². The molecule has 2 aromatic heterocycles. The molecule has 0 spiro atoms. The van der Waals surface area contributed by atoms with Crippen molar-refractivity contribution in [1.29, 1.82) is 0 Å². The van der Waals surface area contributed by atoms with Gasteiger partial charge in [0.2, 0.25) is 0 Å². The zero-order chi connectivity index (χ0) is 21.0. The number of amides is 1. The summed E-state index contributed by atoms with van der Waals surface area (Å²) in [5.74, 6) is -0.435. The molecule has 1 aromatic carbocycles. The van der Waals surface area contributed by atoms with Crippen molar-refractivity contribution in [3.05, 3.63) is 85.5 Å². The second kappa shape index (κ2) is 9.07. The first-order valence-corrected chi connectivity index (χ1v) is 9.65. The van der Waals surface area contributed by atoms with Crippen LogP contribution in [-0.4, -0.2) is 33.0 Å². The van der Waals surface area contributed by atoms with E-state index in [2.05, 4.69) is 25.4 Å². The molecule has 7 nitrogen and oxygen atoms in total. The van der Waals surface area contributed by atoms with Gasteiger partial charge in [-0.2, -0.15) is 5.10 Å². The lowest BCUT2D eigenvalue weighted by Crippen LogP contribution is -2.30. The SMILES string of the molecule is Cc1n[nH]c(C)c1CN(C)Cc1ccc(C(=O)NCc2ccccc2Cl)c(=O)[nH]1. The number of aromatic amines is 2. The van der Waals surface area contributed by atoms with E-state index in [1.54, 1.807) is 18.2 Å². The summed E-state index contributed by atoms with van der Waals surface area (Å²) in [5.41, 5.74) is 4.33. The van der Waals surface area contributed by atoms with Gasteiger partial charge in [-0.05, 0) is 44.7 Å². The molecule has 152 valence electrons. The first-order chi connectivity index (χ1) is 13.8. The summed E-state index contributed by atoms with van der Waals surface area (Å²) in [7, 11) is 1.97. The molecular weight excluding hydrogens is 390 g/mol. The third-order valence-electron chi connectivity index (χ3n) is 4.76. The van der Waals surface area contributed by atoms with Crippen LogP contribution in [0.1, 0.15) is 38.6 Å². The maximum absolute atomic E-state index is 12.4. The maximum atomic E-state index is 12.4. The summed E-state index contributed by atoms with van der Waals surface area (Å²) < 4.78 is 0. The molecule has 0 fully saturated rings. The number of H-pyrrole nitrogens is 2. The lowest BCUT2D eigenvalue weighted by Gasteiger charge is -2.17. The maximum Gasteiger partial charge on any atom is 0.261 e. The van der Waals surface area contributed by atoms with E-state index in [1.165, 1.54) is 0 Å². The Labute approximate surface area is 174 Å². The van der Waals surface area contributed by atoms with Crippen LogP contribution >= 0.6 is 11.6 Å². The average molecular weight is 414 g/mol. The highest BCUT2D eigenvalue weighted by molar-refractivity contribution is 6.31. The normalized spacial score (nSPS) is 11.1. The number of aryl methyl sites for hydroxylation is 2. The van der Waals surface area contributed by atoms with Gasteiger partial charge in [0.1, 0.15) is 5.56 Å². The van der Waals surface area contributed by atoms with Crippen molar-refractivity contribution in [3.63, 3.8) is 0 Å². The summed E-state index contributed by atoms with van der Waals surface area (Å²) in [5, 5.41) is 10.5. The predicted molar refractivity (Wildman–Crippen MR) is 113 cm³/mol. The highest BCUT2D eigenvalue weighted by Crippen LogP contribution is 2.15. The highest BCUT2D eigenvalue weighted by Gasteiger charge is 2.13. The van der Waals surface area contributed by atoms with Gasteiger partial charge >= 0.3 is 0 Å². The molecule has 3 aromatic rings. The van der Waals surface area contributed by atoms with E-state index in [0.29, 0.717) is 18.1 Å². The fourth-order valence-electron chi connectivity index (χ4n) is 3.12. The predicted octanol–water partition coefficient (Wildman–Crippen LogP) is 2.93. The summed E-state index contributed by atoms with van der Waals surface area (Å²) in [6, 6.07) is 10.6. The molecule has 3 N–H and O–H groups in total. The third kappa shape index (κ3) is 5.13. The lowest BCUT2D eigenvalue weighted by molar-refractivity contribution is 0.0949. The first-order valence-electron chi connectivity index (χ1n) is 9.28. The topological polar surface area (TPSA) is 93.9 Å². The van der Waals surface area contributed by atoms with Crippen LogP contribution in [0.15, 0.2) is 41.2 Å².